The molecule has 0 unspecified atom stereocenters. The molecule has 0 aromatic heterocycles. The first-order valence-corrected chi connectivity index (χ1v) is 10.2. The fourth-order valence-electron chi connectivity index (χ4n) is 3.90. The molecule has 30 heavy (non-hydrogen) atoms. The maximum Gasteiger partial charge on any atom is 0.495 e. The molecule has 1 aromatic rings. The van der Waals surface area contributed by atoms with E-state index in [0.29, 0.717) is 5.69 Å². The van der Waals surface area contributed by atoms with Gasteiger partial charge in [0, 0.05) is 5.69 Å². The van der Waals surface area contributed by atoms with E-state index in [0.717, 1.165) is 11.0 Å². The molecule has 1 aliphatic carbocycles. The first-order valence-electron chi connectivity index (χ1n) is 10.2. The molecule has 3 rings (SSSR count). The highest BCUT2D eigenvalue weighted by atomic mass is 19.4. The Morgan fingerprint density at radius 2 is 1.67 bits per heavy atom. The van der Waals surface area contributed by atoms with Crippen LogP contribution >= 0.6 is 0 Å². The summed E-state index contributed by atoms with van der Waals surface area (Å²) in [5.41, 5.74) is -0.908. The largest absolute Gasteiger partial charge is 0.495 e. The minimum Gasteiger partial charge on any atom is -0.399 e. The lowest BCUT2D eigenvalue weighted by Crippen LogP contribution is -2.47. The van der Waals surface area contributed by atoms with Crippen LogP contribution in [-0.4, -0.2) is 41.1 Å². The SMILES string of the molecule is Cc1c(NC(=O)C2(O)CCC(C(F)(F)F)CC2)cccc1B1OC(C)(C)C(C)(C)O1. The number of carbonyl (C=O) groups excluding carboxylic acids is 1. The summed E-state index contributed by atoms with van der Waals surface area (Å²) in [6.07, 6.45) is -5.27. The number of carbonyl (C=O) groups is 1. The lowest BCUT2D eigenvalue weighted by molar-refractivity contribution is -0.193. The Morgan fingerprint density at radius 1 is 1.13 bits per heavy atom. The number of amides is 1. The zero-order chi connectivity index (χ0) is 22.5. The van der Waals surface area contributed by atoms with Gasteiger partial charge in [0.05, 0.1) is 17.1 Å². The summed E-state index contributed by atoms with van der Waals surface area (Å²) in [6.45, 7) is 9.59. The maximum absolute atomic E-state index is 12.9. The predicted molar refractivity (Wildman–Crippen MR) is 108 cm³/mol. The van der Waals surface area contributed by atoms with Crippen LogP contribution in [0.4, 0.5) is 18.9 Å². The minimum atomic E-state index is -4.30. The smallest absolute Gasteiger partial charge is 0.399 e. The Balaban J connectivity index is 1.74. The van der Waals surface area contributed by atoms with E-state index in [1.807, 2.05) is 33.8 Å². The number of hydrogen-bond donors (Lipinski definition) is 2. The van der Waals surface area contributed by atoms with Crippen LogP contribution in [0.25, 0.3) is 0 Å². The van der Waals surface area contributed by atoms with Crippen LogP contribution in [0, 0.1) is 12.8 Å². The van der Waals surface area contributed by atoms with Crippen LogP contribution in [0.1, 0.15) is 58.9 Å². The molecule has 1 heterocycles. The molecular weight excluding hydrogens is 398 g/mol. The number of halogens is 3. The normalized spacial score (nSPS) is 28.4. The van der Waals surface area contributed by atoms with Crippen LogP contribution in [0.15, 0.2) is 18.2 Å². The van der Waals surface area contributed by atoms with Gasteiger partial charge in [-0.15, -0.1) is 0 Å². The monoisotopic (exact) mass is 427 g/mol. The van der Waals surface area contributed by atoms with Crippen molar-refractivity contribution in [1.82, 2.24) is 0 Å². The molecule has 0 bridgehead atoms. The van der Waals surface area contributed by atoms with Gasteiger partial charge in [0.25, 0.3) is 5.91 Å². The number of rotatable bonds is 3. The summed E-state index contributed by atoms with van der Waals surface area (Å²) >= 11 is 0. The Labute approximate surface area is 175 Å². The Bertz CT molecular complexity index is 801. The summed E-state index contributed by atoms with van der Waals surface area (Å²) in [6, 6.07) is 5.27. The van der Waals surface area contributed by atoms with Crippen molar-refractivity contribution in [3.63, 3.8) is 0 Å². The second kappa shape index (κ2) is 7.53. The molecule has 0 spiro atoms. The average Bonchev–Trinajstić information content (AvgIpc) is 2.83. The summed E-state index contributed by atoms with van der Waals surface area (Å²) in [7, 11) is -0.614. The van der Waals surface area contributed by atoms with E-state index in [1.54, 1.807) is 19.1 Å². The van der Waals surface area contributed by atoms with Crippen molar-refractivity contribution in [2.75, 3.05) is 5.32 Å². The van der Waals surface area contributed by atoms with Gasteiger partial charge in [0.1, 0.15) is 5.60 Å². The first-order chi connectivity index (χ1) is 13.7. The molecular formula is C21H29BF3NO4. The van der Waals surface area contributed by atoms with Crippen molar-refractivity contribution in [3.05, 3.63) is 23.8 Å². The summed E-state index contributed by atoms with van der Waals surface area (Å²) < 4.78 is 50.8. The molecule has 0 radical (unpaired) electrons. The van der Waals surface area contributed by atoms with Crippen molar-refractivity contribution in [2.45, 2.75) is 83.3 Å². The van der Waals surface area contributed by atoms with Crippen molar-refractivity contribution < 1.29 is 32.4 Å². The lowest BCUT2D eigenvalue weighted by Gasteiger charge is -2.35. The summed E-state index contributed by atoms with van der Waals surface area (Å²) in [4.78, 5) is 12.7. The quantitative estimate of drug-likeness (QED) is 0.722. The van der Waals surface area contributed by atoms with Gasteiger partial charge in [0.2, 0.25) is 0 Å². The van der Waals surface area contributed by atoms with Crippen molar-refractivity contribution in [2.24, 2.45) is 5.92 Å². The average molecular weight is 427 g/mol. The van der Waals surface area contributed by atoms with Gasteiger partial charge >= 0.3 is 13.3 Å². The van der Waals surface area contributed by atoms with Crippen LogP contribution in [-0.2, 0) is 14.1 Å². The number of benzene rings is 1. The minimum absolute atomic E-state index is 0.223. The Morgan fingerprint density at radius 3 is 2.17 bits per heavy atom. The molecule has 5 nitrogen and oxygen atoms in total. The van der Waals surface area contributed by atoms with E-state index in [1.165, 1.54) is 0 Å². The van der Waals surface area contributed by atoms with Gasteiger partial charge in [-0.25, -0.2) is 0 Å². The number of aliphatic hydroxyl groups is 1. The third-order valence-electron chi connectivity index (χ3n) is 6.83. The molecule has 166 valence electrons. The molecule has 1 aliphatic heterocycles. The van der Waals surface area contributed by atoms with E-state index in [9.17, 15) is 23.1 Å². The highest BCUT2D eigenvalue weighted by molar-refractivity contribution is 6.62. The van der Waals surface area contributed by atoms with E-state index < -0.39 is 41.9 Å². The maximum atomic E-state index is 12.9. The fourth-order valence-corrected chi connectivity index (χ4v) is 3.90. The van der Waals surface area contributed by atoms with E-state index >= 15 is 0 Å². The third kappa shape index (κ3) is 4.25. The molecule has 1 amide bonds. The van der Waals surface area contributed by atoms with Gasteiger partial charge in [-0.1, -0.05) is 12.1 Å². The molecule has 1 saturated carbocycles. The second-order valence-corrected chi connectivity index (χ2v) is 9.41. The van der Waals surface area contributed by atoms with Crippen molar-refractivity contribution in [1.29, 1.82) is 0 Å². The highest BCUT2D eigenvalue weighted by Gasteiger charge is 2.52. The zero-order valence-corrected chi connectivity index (χ0v) is 18.0. The molecule has 1 aromatic carbocycles. The Hall–Kier alpha value is -1.58. The summed E-state index contributed by atoms with van der Waals surface area (Å²) in [5, 5.41) is 13.4. The second-order valence-electron chi connectivity index (χ2n) is 9.41. The third-order valence-corrected chi connectivity index (χ3v) is 6.83. The van der Waals surface area contributed by atoms with Crippen LogP contribution in [0.3, 0.4) is 0 Å². The predicted octanol–water partition coefficient (Wildman–Crippen LogP) is 3.72. The van der Waals surface area contributed by atoms with Gasteiger partial charge in [-0.2, -0.15) is 13.2 Å². The number of nitrogens with one attached hydrogen (secondary N) is 1. The molecule has 9 heteroatoms. The number of hydrogen-bond acceptors (Lipinski definition) is 4. The zero-order valence-electron chi connectivity index (χ0n) is 18.0. The standard InChI is InChI=1S/C21H29BF3NO4/c1-13-15(22-29-18(2,3)19(4,5)30-22)7-6-8-16(13)26-17(27)20(28)11-9-14(10-12-20)21(23,24)25/h6-8,14,28H,9-12H2,1-5H3,(H,26,27). The van der Waals surface area contributed by atoms with E-state index in [2.05, 4.69) is 5.32 Å². The molecule has 1 saturated heterocycles. The molecule has 2 N–H and O–H groups in total. The van der Waals surface area contributed by atoms with Crippen molar-refractivity contribution in [3.8, 4) is 0 Å². The van der Waals surface area contributed by atoms with Crippen LogP contribution < -0.4 is 10.8 Å². The van der Waals surface area contributed by atoms with E-state index in [4.69, 9.17) is 9.31 Å². The Kier molecular flexibility index (Phi) is 5.80. The fraction of sp³-hybridized carbons (Fsp3) is 0.667. The molecule has 0 atom stereocenters. The summed E-state index contributed by atoms with van der Waals surface area (Å²) in [5.74, 6) is -2.16. The number of anilines is 1. The molecule has 2 aliphatic rings. The topological polar surface area (TPSA) is 67.8 Å². The highest BCUT2D eigenvalue weighted by Crippen LogP contribution is 2.41. The van der Waals surface area contributed by atoms with E-state index in [-0.39, 0.29) is 25.7 Å². The van der Waals surface area contributed by atoms with Crippen LogP contribution in [0.5, 0.6) is 0 Å². The van der Waals surface area contributed by atoms with Gasteiger partial charge in [-0.3, -0.25) is 4.79 Å². The van der Waals surface area contributed by atoms with Gasteiger partial charge in [0.15, 0.2) is 0 Å². The van der Waals surface area contributed by atoms with Gasteiger partial charge < -0.3 is 19.7 Å². The lowest BCUT2D eigenvalue weighted by atomic mass is 9.75. The van der Waals surface area contributed by atoms with Crippen molar-refractivity contribution >= 4 is 24.2 Å². The number of alkyl halides is 3. The molecule has 2 fully saturated rings. The van der Waals surface area contributed by atoms with Crippen LogP contribution in [0.2, 0.25) is 0 Å². The van der Waals surface area contributed by atoms with Gasteiger partial charge in [-0.05, 0) is 77.4 Å². The first kappa shape index (κ1) is 23.1.